The fourth-order valence-corrected chi connectivity index (χ4v) is 1.20. The maximum absolute atomic E-state index is 13.3. The van der Waals surface area contributed by atoms with Gasteiger partial charge in [-0.05, 0) is 0 Å². The predicted molar refractivity (Wildman–Crippen MR) is 50.6 cm³/mol. The number of methoxy groups -OCH3 is 1. The van der Waals surface area contributed by atoms with Gasteiger partial charge in [0, 0.05) is 24.1 Å². The largest absolute Gasteiger partial charge is 0.497 e. The third-order valence-electron chi connectivity index (χ3n) is 2.08. The Morgan fingerprint density at radius 1 is 1.25 bits per heavy atom. The summed E-state index contributed by atoms with van der Waals surface area (Å²) < 4.78 is 56.9. The number of alkyl halides is 2. The van der Waals surface area contributed by atoms with Crippen molar-refractivity contribution in [2.24, 2.45) is 5.73 Å². The Morgan fingerprint density at radius 3 is 2.12 bits per heavy atom. The first-order valence-corrected chi connectivity index (χ1v) is 4.49. The Kier molecular flexibility index (Phi) is 3.74. The first-order chi connectivity index (χ1) is 7.39. The minimum atomic E-state index is -3.32. The van der Waals surface area contributed by atoms with Crippen LogP contribution in [0.5, 0.6) is 5.75 Å². The molecule has 0 bridgehead atoms. The lowest BCUT2D eigenvalue weighted by Gasteiger charge is -2.15. The van der Waals surface area contributed by atoms with Gasteiger partial charge < -0.3 is 10.5 Å². The summed E-state index contributed by atoms with van der Waals surface area (Å²) in [6.45, 7) is -0.960. The summed E-state index contributed by atoms with van der Waals surface area (Å²) in [4.78, 5) is 0. The molecule has 0 amide bonds. The van der Waals surface area contributed by atoms with Crippen molar-refractivity contribution in [2.45, 2.75) is 12.3 Å². The molecule has 0 fully saturated rings. The van der Waals surface area contributed by atoms with Crippen LogP contribution < -0.4 is 10.5 Å². The van der Waals surface area contributed by atoms with Crippen LogP contribution in [0.4, 0.5) is 17.6 Å². The Hall–Kier alpha value is -1.30. The molecule has 0 unspecified atom stereocenters. The number of halogens is 4. The van der Waals surface area contributed by atoms with Crippen LogP contribution >= 0.6 is 0 Å². The smallest absolute Gasteiger partial charge is 0.264 e. The second kappa shape index (κ2) is 4.69. The third kappa shape index (κ3) is 2.85. The standard InChI is InChI=1S/C10H11F4NO/c1-16-6-2-8(11)7(9(12)3-6)4-10(13,14)5-15/h2-3H,4-5,15H2,1H3. The molecule has 0 heterocycles. The van der Waals surface area contributed by atoms with Gasteiger partial charge in [0.2, 0.25) is 0 Å². The van der Waals surface area contributed by atoms with Gasteiger partial charge in [0.05, 0.1) is 13.7 Å². The number of ether oxygens (including phenoxy) is 1. The Balaban J connectivity index is 3.06. The molecule has 2 N–H and O–H groups in total. The van der Waals surface area contributed by atoms with Crippen molar-refractivity contribution in [3.63, 3.8) is 0 Å². The lowest BCUT2D eigenvalue weighted by Crippen LogP contribution is -2.31. The predicted octanol–water partition coefficient (Wildman–Crippen LogP) is 2.11. The van der Waals surface area contributed by atoms with E-state index in [4.69, 9.17) is 5.73 Å². The Morgan fingerprint density at radius 2 is 1.75 bits per heavy atom. The second-order valence-electron chi connectivity index (χ2n) is 3.31. The molecular weight excluding hydrogens is 226 g/mol. The average molecular weight is 237 g/mol. The van der Waals surface area contributed by atoms with Crippen molar-refractivity contribution in [2.75, 3.05) is 13.7 Å². The first-order valence-electron chi connectivity index (χ1n) is 4.49. The van der Waals surface area contributed by atoms with E-state index in [-0.39, 0.29) is 5.75 Å². The fourth-order valence-electron chi connectivity index (χ4n) is 1.20. The quantitative estimate of drug-likeness (QED) is 0.814. The number of hydrogen-bond donors (Lipinski definition) is 1. The van der Waals surface area contributed by atoms with Crippen LogP contribution in [-0.4, -0.2) is 19.6 Å². The molecule has 0 aliphatic rings. The summed E-state index contributed by atoms with van der Waals surface area (Å²) in [5, 5.41) is 0. The van der Waals surface area contributed by atoms with Crippen LogP contribution in [0, 0.1) is 11.6 Å². The van der Waals surface area contributed by atoms with E-state index in [1.807, 2.05) is 0 Å². The number of nitrogens with two attached hydrogens (primary N) is 1. The second-order valence-corrected chi connectivity index (χ2v) is 3.31. The molecule has 1 aromatic rings. The summed E-state index contributed by atoms with van der Waals surface area (Å²) in [6.07, 6.45) is -1.06. The molecule has 0 aliphatic heterocycles. The van der Waals surface area contributed by atoms with Gasteiger partial charge in [-0.15, -0.1) is 0 Å². The maximum atomic E-state index is 13.3. The maximum Gasteiger partial charge on any atom is 0.264 e. The van der Waals surface area contributed by atoms with Gasteiger partial charge in [-0.2, -0.15) is 0 Å². The van der Waals surface area contributed by atoms with Crippen LogP contribution in [0.1, 0.15) is 5.56 Å². The normalized spacial score (nSPS) is 11.6. The molecule has 0 saturated heterocycles. The minimum absolute atomic E-state index is 0.0604. The van der Waals surface area contributed by atoms with Crippen molar-refractivity contribution in [1.29, 1.82) is 0 Å². The molecule has 1 rings (SSSR count). The fraction of sp³-hybridized carbons (Fsp3) is 0.400. The average Bonchev–Trinajstić information content (AvgIpc) is 2.23. The van der Waals surface area contributed by atoms with Crippen LogP contribution in [-0.2, 0) is 6.42 Å². The van der Waals surface area contributed by atoms with Crippen molar-refractivity contribution in [3.8, 4) is 5.75 Å². The van der Waals surface area contributed by atoms with Gasteiger partial charge in [0.15, 0.2) is 0 Å². The summed E-state index contributed by atoms with van der Waals surface area (Å²) in [7, 11) is 1.22. The lowest BCUT2D eigenvalue weighted by molar-refractivity contribution is 0.00977. The Labute approximate surface area is 90.0 Å². The highest BCUT2D eigenvalue weighted by atomic mass is 19.3. The van der Waals surface area contributed by atoms with Gasteiger partial charge in [0.25, 0.3) is 5.92 Å². The van der Waals surface area contributed by atoms with Crippen LogP contribution in [0.3, 0.4) is 0 Å². The van der Waals surface area contributed by atoms with E-state index < -0.39 is 36.1 Å². The molecule has 0 radical (unpaired) electrons. The van der Waals surface area contributed by atoms with Crippen molar-refractivity contribution >= 4 is 0 Å². The molecule has 0 spiro atoms. The van der Waals surface area contributed by atoms with Crippen LogP contribution in [0.2, 0.25) is 0 Å². The topological polar surface area (TPSA) is 35.2 Å². The minimum Gasteiger partial charge on any atom is -0.497 e. The molecule has 16 heavy (non-hydrogen) atoms. The van der Waals surface area contributed by atoms with E-state index in [0.717, 1.165) is 12.1 Å². The SMILES string of the molecule is COc1cc(F)c(CC(F)(F)CN)c(F)c1. The van der Waals surface area contributed by atoms with E-state index in [9.17, 15) is 17.6 Å². The van der Waals surface area contributed by atoms with Gasteiger partial charge in [-0.1, -0.05) is 0 Å². The van der Waals surface area contributed by atoms with E-state index in [1.165, 1.54) is 7.11 Å². The van der Waals surface area contributed by atoms with Gasteiger partial charge in [0.1, 0.15) is 17.4 Å². The van der Waals surface area contributed by atoms with E-state index in [1.54, 1.807) is 0 Å². The van der Waals surface area contributed by atoms with Crippen molar-refractivity contribution in [3.05, 3.63) is 29.3 Å². The number of hydrogen-bond acceptors (Lipinski definition) is 2. The van der Waals surface area contributed by atoms with E-state index >= 15 is 0 Å². The Bertz CT molecular complexity index is 358. The molecule has 0 saturated carbocycles. The first kappa shape index (κ1) is 12.8. The molecule has 6 heteroatoms. The van der Waals surface area contributed by atoms with E-state index in [0.29, 0.717) is 0 Å². The van der Waals surface area contributed by atoms with Crippen molar-refractivity contribution < 1.29 is 22.3 Å². The zero-order chi connectivity index (χ0) is 12.3. The molecule has 0 atom stereocenters. The lowest BCUT2D eigenvalue weighted by atomic mass is 10.1. The highest BCUT2D eigenvalue weighted by molar-refractivity contribution is 5.31. The van der Waals surface area contributed by atoms with Gasteiger partial charge >= 0.3 is 0 Å². The number of benzene rings is 1. The summed E-state index contributed by atoms with van der Waals surface area (Å²) in [5.41, 5.74) is 4.11. The van der Waals surface area contributed by atoms with Crippen molar-refractivity contribution in [1.82, 2.24) is 0 Å². The van der Waals surface area contributed by atoms with Crippen LogP contribution in [0.15, 0.2) is 12.1 Å². The molecule has 90 valence electrons. The number of rotatable bonds is 4. The van der Waals surface area contributed by atoms with Gasteiger partial charge in [-0.25, -0.2) is 17.6 Å². The van der Waals surface area contributed by atoms with Crippen LogP contribution in [0.25, 0.3) is 0 Å². The monoisotopic (exact) mass is 237 g/mol. The highest BCUT2D eigenvalue weighted by Crippen LogP contribution is 2.26. The summed E-state index contributed by atoms with van der Waals surface area (Å²) >= 11 is 0. The zero-order valence-electron chi connectivity index (χ0n) is 8.57. The van der Waals surface area contributed by atoms with E-state index in [2.05, 4.69) is 4.74 Å². The summed E-state index contributed by atoms with van der Waals surface area (Å²) in [6, 6.07) is 1.70. The molecule has 1 aromatic carbocycles. The molecule has 0 aliphatic carbocycles. The zero-order valence-corrected chi connectivity index (χ0v) is 8.57. The summed E-state index contributed by atoms with van der Waals surface area (Å²) in [5.74, 6) is -5.51. The third-order valence-corrected chi connectivity index (χ3v) is 2.08. The van der Waals surface area contributed by atoms with Gasteiger partial charge in [-0.3, -0.25) is 0 Å². The highest BCUT2D eigenvalue weighted by Gasteiger charge is 2.30. The molecule has 0 aromatic heterocycles. The molecule has 2 nitrogen and oxygen atoms in total. The molecular formula is C10H11F4NO.